The fourth-order valence-corrected chi connectivity index (χ4v) is 5.62. The normalized spacial score (nSPS) is 20.1. The van der Waals surface area contributed by atoms with Crippen LogP contribution in [-0.4, -0.2) is 42.0 Å². The molecule has 0 spiro atoms. The number of hydrogen-bond donors (Lipinski definition) is 1. The molecule has 0 bridgehead atoms. The summed E-state index contributed by atoms with van der Waals surface area (Å²) in [4.78, 5) is 20.0. The van der Waals surface area contributed by atoms with E-state index in [0.29, 0.717) is 0 Å². The zero-order valence-corrected chi connectivity index (χ0v) is 23.7. The van der Waals surface area contributed by atoms with Gasteiger partial charge in [-0.05, 0) is 87.5 Å². The van der Waals surface area contributed by atoms with Crippen molar-refractivity contribution in [2.45, 2.75) is 103 Å². The highest BCUT2D eigenvalue weighted by atomic mass is 28.4. The Balaban J connectivity index is 2.00. The number of amides is 1. The summed E-state index contributed by atoms with van der Waals surface area (Å²) >= 11 is 0. The van der Waals surface area contributed by atoms with E-state index in [2.05, 4.69) is 44.9 Å². The molecule has 0 aliphatic carbocycles. The molecule has 2 heterocycles. The van der Waals surface area contributed by atoms with Crippen LogP contribution in [0.2, 0.25) is 18.1 Å². The summed E-state index contributed by atoms with van der Waals surface area (Å²) < 4.78 is 13.0. The van der Waals surface area contributed by atoms with E-state index in [9.17, 15) is 4.79 Å². The van der Waals surface area contributed by atoms with Crippen molar-refractivity contribution in [3.8, 4) is 0 Å². The Labute approximate surface area is 212 Å². The van der Waals surface area contributed by atoms with Crippen LogP contribution in [-0.2, 0) is 15.6 Å². The van der Waals surface area contributed by atoms with Crippen LogP contribution >= 0.6 is 0 Å². The zero-order chi connectivity index (χ0) is 26.0. The first kappa shape index (κ1) is 27.2. The lowest BCUT2D eigenvalue weighted by Gasteiger charge is -2.43. The average molecular weight is 498 g/mol. The van der Waals surface area contributed by atoms with Gasteiger partial charge in [-0.1, -0.05) is 39.0 Å². The van der Waals surface area contributed by atoms with Crippen LogP contribution < -0.4 is 5.73 Å². The van der Waals surface area contributed by atoms with E-state index in [1.54, 1.807) is 6.20 Å². The number of nitrogens with two attached hydrogens (primary N) is 1. The molecule has 35 heavy (non-hydrogen) atoms. The average Bonchev–Trinajstić information content (AvgIpc) is 3.15. The lowest BCUT2D eigenvalue weighted by atomic mass is 10.0. The monoisotopic (exact) mass is 497 g/mol. The standard InChI is InChI=1S/C28H43N3O3Si/c1-27(2,3)33-26(32)31-23(18-20-11-13-22(29)14-12-20)15-16-24(31)25(21-10-9-17-30-19-21)34-35(7,8)28(4,5)6/h9-14,17,19,23-25H,15-16,18,29H2,1-8H3/t23?,24?,25-/m1/s1. The summed E-state index contributed by atoms with van der Waals surface area (Å²) in [7, 11) is -2.15. The van der Waals surface area contributed by atoms with Gasteiger partial charge in [0.15, 0.2) is 8.32 Å². The van der Waals surface area contributed by atoms with Gasteiger partial charge in [0.05, 0.1) is 12.1 Å². The first-order valence-electron chi connectivity index (χ1n) is 12.6. The summed E-state index contributed by atoms with van der Waals surface area (Å²) in [5.74, 6) is 0. The first-order chi connectivity index (χ1) is 16.2. The van der Waals surface area contributed by atoms with Gasteiger partial charge in [0.25, 0.3) is 0 Å². The molecule has 0 saturated carbocycles. The van der Waals surface area contributed by atoms with Gasteiger partial charge in [-0.25, -0.2) is 4.79 Å². The molecule has 7 heteroatoms. The van der Waals surface area contributed by atoms with Gasteiger partial charge in [-0.2, -0.15) is 0 Å². The number of hydrogen-bond acceptors (Lipinski definition) is 5. The molecule has 2 aromatic rings. The Morgan fingerprint density at radius 2 is 1.77 bits per heavy atom. The van der Waals surface area contributed by atoms with E-state index >= 15 is 0 Å². The van der Waals surface area contributed by atoms with Crippen LogP contribution in [0.5, 0.6) is 0 Å². The second kappa shape index (κ2) is 10.3. The number of nitrogens with zero attached hydrogens (tertiary/aromatic N) is 2. The van der Waals surface area contributed by atoms with Crippen molar-refractivity contribution in [2.24, 2.45) is 0 Å². The molecule has 3 rings (SSSR count). The number of benzene rings is 1. The highest BCUT2D eigenvalue weighted by Gasteiger charge is 2.47. The van der Waals surface area contributed by atoms with Crippen LogP contribution in [0, 0.1) is 0 Å². The molecule has 3 atom stereocenters. The van der Waals surface area contributed by atoms with Crippen molar-refractivity contribution >= 4 is 20.1 Å². The van der Waals surface area contributed by atoms with Crippen LogP contribution in [0.1, 0.15) is 71.6 Å². The van der Waals surface area contributed by atoms with Crippen molar-refractivity contribution in [1.82, 2.24) is 9.88 Å². The molecule has 1 amide bonds. The van der Waals surface area contributed by atoms with Crippen molar-refractivity contribution in [2.75, 3.05) is 5.73 Å². The largest absolute Gasteiger partial charge is 0.444 e. The quantitative estimate of drug-likeness (QED) is 0.353. The molecule has 1 fully saturated rings. The molecule has 1 aliphatic rings. The van der Waals surface area contributed by atoms with Gasteiger partial charge in [-0.3, -0.25) is 9.88 Å². The fraction of sp³-hybridized carbons (Fsp3) is 0.571. The molecule has 2 unspecified atom stereocenters. The summed E-state index contributed by atoms with van der Waals surface area (Å²) in [6.07, 6.45) is 5.56. The van der Waals surface area contributed by atoms with Crippen molar-refractivity contribution < 1.29 is 14.0 Å². The maximum atomic E-state index is 13.6. The number of anilines is 1. The van der Waals surface area contributed by atoms with Gasteiger partial charge in [-0.15, -0.1) is 0 Å². The molecule has 192 valence electrons. The van der Waals surface area contributed by atoms with Crippen LogP contribution in [0.4, 0.5) is 10.5 Å². The summed E-state index contributed by atoms with van der Waals surface area (Å²) in [6, 6.07) is 11.8. The third kappa shape index (κ3) is 6.85. The molecule has 1 aromatic carbocycles. The number of nitrogen functional groups attached to an aromatic ring is 1. The summed E-state index contributed by atoms with van der Waals surface area (Å²) in [5, 5.41) is 0.0339. The van der Waals surface area contributed by atoms with Crippen LogP contribution in [0.25, 0.3) is 0 Å². The number of ether oxygens (including phenoxy) is 1. The number of carbonyl (C=O) groups excluding carboxylic acids is 1. The predicted molar refractivity (Wildman–Crippen MR) is 145 cm³/mol. The lowest BCUT2D eigenvalue weighted by Crippen LogP contribution is -2.50. The third-order valence-corrected chi connectivity index (χ3v) is 11.6. The Kier molecular flexibility index (Phi) is 8.01. The van der Waals surface area contributed by atoms with Gasteiger partial charge in [0, 0.05) is 24.1 Å². The highest BCUT2D eigenvalue weighted by Crippen LogP contribution is 2.44. The summed E-state index contributed by atoms with van der Waals surface area (Å²) in [5.41, 5.74) is 8.21. The Hall–Kier alpha value is -2.38. The molecule has 1 aromatic heterocycles. The molecular weight excluding hydrogens is 454 g/mol. The molecular formula is C28H43N3O3Si. The SMILES string of the molecule is CC(C)(C)OC(=O)N1C(Cc2ccc(N)cc2)CCC1[C@H](O[Si](C)(C)C(C)(C)C)c1cccnc1. The van der Waals surface area contributed by atoms with Crippen molar-refractivity contribution in [3.63, 3.8) is 0 Å². The number of aromatic nitrogens is 1. The minimum Gasteiger partial charge on any atom is -0.444 e. The molecule has 6 nitrogen and oxygen atoms in total. The van der Waals surface area contributed by atoms with Crippen LogP contribution in [0.15, 0.2) is 48.8 Å². The molecule has 2 N–H and O–H groups in total. The Morgan fingerprint density at radius 1 is 1.11 bits per heavy atom. The number of likely N-dealkylation sites (tertiary alicyclic amines) is 1. The van der Waals surface area contributed by atoms with Gasteiger partial charge < -0.3 is 14.9 Å². The maximum absolute atomic E-state index is 13.6. The van der Waals surface area contributed by atoms with E-state index in [1.807, 2.05) is 62.2 Å². The van der Waals surface area contributed by atoms with E-state index in [0.717, 1.165) is 36.1 Å². The van der Waals surface area contributed by atoms with Gasteiger partial charge in [0.1, 0.15) is 5.60 Å². The fourth-order valence-electron chi connectivity index (χ4n) is 4.34. The number of rotatable bonds is 6. The second-order valence-electron chi connectivity index (χ2n) is 12.2. The Morgan fingerprint density at radius 3 is 2.31 bits per heavy atom. The first-order valence-corrected chi connectivity index (χ1v) is 15.5. The van der Waals surface area contributed by atoms with Crippen molar-refractivity contribution in [1.29, 1.82) is 0 Å². The number of carbonyl (C=O) groups is 1. The minimum absolute atomic E-state index is 0.0145. The van der Waals surface area contributed by atoms with Gasteiger partial charge >= 0.3 is 6.09 Å². The lowest BCUT2D eigenvalue weighted by molar-refractivity contribution is -0.00243. The molecule has 0 radical (unpaired) electrons. The highest BCUT2D eigenvalue weighted by molar-refractivity contribution is 6.74. The van der Waals surface area contributed by atoms with Gasteiger partial charge in [0.2, 0.25) is 0 Å². The smallest absolute Gasteiger partial charge is 0.410 e. The molecule has 1 saturated heterocycles. The van der Waals surface area contributed by atoms with E-state index < -0.39 is 13.9 Å². The third-order valence-electron chi connectivity index (χ3n) is 7.19. The predicted octanol–water partition coefficient (Wildman–Crippen LogP) is 6.74. The maximum Gasteiger partial charge on any atom is 0.410 e. The van der Waals surface area contributed by atoms with E-state index in [1.165, 1.54) is 0 Å². The molecule has 1 aliphatic heterocycles. The van der Waals surface area contributed by atoms with E-state index in [-0.39, 0.29) is 29.3 Å². The number of pyridine rings is 1. The second-order valence-corrected chi connectivity index (χ2v) is 17.0. The van der Waals surface area contributed by atoms with Crippen molar-refractivity contribution in [3.05, 3.63) is 59.9 Å². The van der Waals surface area contributed by atoms with Crippen LogP contribution in [0.3, 0.4) is 0 Å². The van der Waals surface area contributed by atoms with E-state index in [4.69, 9.17) is 14.9 Å². The minimum atomic E-state index is -2.15. The topological polar surface area (TPSA) is 77.7 Å². The Bertz CT molecular complexity index is 981. The zero-order valence-electron chi connectivity index (χ0n) is 22.7. The summed E-state index contributed by atoms with van der Waals surface area (Å²) in [6.45, 7) is 17.0.